The second-order valence-electron chi connectivity index (χ2n) is 17.9. The molecule has 1 unspecified atom stereocenters. The summed E-state index contributed by atoms with van der Waals surface area (Å²) in [6, 6.07) is 0. The average Bonchev–Trinajstić information content (AvgIpc) is 3.14. The van der Waals surface area contributed by atoms with E-state index in [9.17, 15) is 14.4 Å². The van der Waals surface area contributed by atoms with Crippen LogP contribution < -0.4 is 0 Å². The second kappa shape index (κ2) is 38.9. The van der Waals surface area contributed by atoms with E-state index in [1.165, 1.54) is 103 Å². The highest BCUT2D eigenvalue weighted by molar-refractivity contribution is 5.70. The van der Waals surface area contributed by atoms with Gasteiger partial charge in [-0.25, -0.2) is 0 Å². The summed E-state index contributed by atoms with van der Waals surface area (Å²) in [6.07, 6.45) is 36.6. The van der Waals surface area contributed by atoms with Crippen LogP contribution in [0.3, 0.4) is 0 Å². The molecule has 56 heavy (non-hydrogen) atoms. The van der Waals surface area contributed by atoms with Crippen LogP contribution in [-0.2, 0) is 28.6 Å². The number of hydrogen-bond donors (Lipinski definition) is 0. The van der Waals surface area contributed by atoms with Crippen molar-refractivity contribution < 1.29 is 28.6 Å². The Morgan fingerprint density at radius 2 is 0.804 bits per heavy atom. The number of rotatable bonds is 41. The molecule has 0 amide bonds. The van der Waals surface area contributed by atoms with Gasteiger partial charge in [-0.05, 0) is 105 Å². The number of ether oxygens (including phenoxy) is 3. The predicted octanol–water partition coefficient (Wildman–Crippen LogP) is 14.4. The summed E-state index contributed by atoms with van der Waals surface area (Å²) in [5.74, 6) is -0.183. The Labute approximate surface area is 348 Å². The van der Waals surface area contributed by atoms with E-state index in [2.05, 4.69) is 25.7 Å². The van der Waals surface area contributed by atoms with Crippen LogP contribution in [0.25, 0.3) is 0 Å². The van der Waals surface area contributed by atoms with E-state index in [0.717, 1.165) is 110 Å². The van der Waals surface area contributed by atoms with E-state index >= 15 is 0 Å². The van der Waals surface area contributed by atoms with Crippen LogP contribution in [0.1, 0.15) is 260 Å². The molecule has 0 saturated carbocycles. The number of unbranched alkanes of at least 4 members (excludes halogenated alkanes) is 22. The van der Waals surface area contributed by atoms with E-state index in [-0.39, 0.29) is 30.1 Å². The largest absolute Gasteiger partial charge is 0.463 e. The second-order valence-corrected chi connectivity index (χ2v) is 17.9. The summed E-state index contributed by atoms with van der Waals surface area (Å²) >= 11 is 0. The van der Waals surface area contributed by atoms with Crippen LogP contribution in [0, 0.1) is 0 Å². The molecule has 0 aliphatic carbocycles. The maximum absolute atomic E-state index is 12.8. The molecular formula is C49H95NO6. The van der Waals surface area contributed by atoms with E-state index in [4.69, 9.17) is 14.2 Å². The van der Waals surface area contributed by atoms with E-state index < -0.39 is 5.60 Å². The Balaban J connectivity index is 4.46. The molecule has 0 aliphatic rings. The van der Waals surface area contributed by atoms with Gasteiger partial charge in [0, 0.05) is 19.4 Å². The van der Waals surface area contributed by atoms with Crippen molar-refractivity contribution in [1.82, 2.24) is 4.90 Å². The Kier molecular flexibility index (Phi) is 37.7. The first-order valence-corrected chi connectivity index (χ1v) is 24.3. The van der Waals surface area contributed by atoms with Crippen molar-refractivity contribution >= 4 is 17.9 Å². The topological polar surface area (TPSA) is 82.1 Å². The van der Waals surface area contributed by atoms with Crippen molar-refractivity contribution in [1.29, 1.82) is 0 Å². The lowest BCUT2D eigenvalue weighted by atomic mass is 10.0. The minimum absolute atomic E-state index is 0.00156. The van der Waals surface area contributed by atoms with Crippen LogP contribution in [0.4, 0.5) is 0 Å². The van der Waals surface area contributed by atoms with Crippen molar-refractivity contribution in [3.8, 4) is 0 Å². The summed E-state index contributed by atoms with van der Waals surface area (Å²) in [7, 11) is 0. The molecule has 0 spiro atoms. The zero-order chi connectivity index (χ0) is 41.5. The fourth-order valence-electron chi connectivity index (χ4n) is 7.44. The Bertz CT molecular complexity index is 886. The number of esters is 3. The number of carbonyl (C=O) groups is 3. The smallest absolute Gasteiger partial charge is 0.307 e. The van der Waals surface area contributed by atoms with Crippen LogP contribution in [0.2, 0.25) is 0 Å². The van der Waals surface area contributed by atoms with E-state index in [1.807, 2.05) is 27.7 Å². The van der Waals surface area contributed by atoms with Gasteiger partial charge in [-0.3, -0.25) is 14.4 Å². The van der Waals surface area contributed by atoms with Crippen LogP contribution in [-0.4, -0.2) is 60.3 Å². The number of nitrogens with zero attached hydrogens (tertiary/aromatic N) is 1. The van der Waals surface area contributed by atoms with Gasteiger partial charge >= 0.3 is 17.9 Å². The summed E-state index contributed by atoms with van der Waals surface area (Å²) in [5.41, 5.74) is -0.463. The monoisotopic (exact) mass is 794 g/mol. The zero-order valence-electron chi connectivity index (χ0n) is 38.5. The third-order valence-corrected chi connectivity index (χ3v) is 10.9. The number of carbonyl (C=O) groups excluding carboxylic acids is 3. The van der Waals surface area contributed by atoms with Crippen molar-refractivity contribution in [2.75, 3.05) is 19.6 Å². The summed E-state index contributed by atoms with van der Waals surface area (Å²) < 4.78 is 17.3. The Morgan fingerprint density at radius 3 is 1.25 bits per heavy atom. The van der Waals surface area contributed by atoms with Gasteiger partial charge in [-0.15, -0.1) is 0 Å². The molecule has 0 aromatic rings. The van der Waals surface area contributed by atoms with Gasteiger partial charge in [-0.2, -0.15) is 0 Å². The molecule has 0 aromatic carbocycles. The van der Waals surface area contributed by atoms with Crippen molar-refractivity contribution in [2.45, 2.75) is 278 Å². The number of hydrogen-bond acceptors (Lipinski definition) is 7. The molecule has 0 aliphatic heterocycles. The molecular weight excluding hydrogens is 699 g/mol. The fraction of sp³-hybridized carbons (Fsp3) is 0.939. The highest BCUT2D eigenvalue weighted by Gasteiger charge is 2.18. The minimum Gasteiger partial charge on any atom is -0.463 e. The van der Waals surface area contributed by atoms with Gasteiger partial charge in [0.25, 0.3) is 0 Å². The first kappa shape index (κ1) is 54.4. The molecule has 0 fully saturated rings. The van der Waals surface area contributed by atoms with Crippen molar-refractivity contribution in [3.63, 3.8) is 0 Å². The molecule has 0 heterocycles. The maximum atomic E-state index is 12.8. The lowest BCUT2D eigenvalue weighted by Crippen LogP contribution is -2.31. The highest BCUT2D eigenvalue weighted by Crippen LogP contribution is 2.19. The SMILES string of the molecule is CCCCCCCCC(CCCCCCCC)OC(=O)CCCCCCCN(CCCCCCCC(=O)OC(C)CCCCCCC)CCC(=O)OC(C)(C)C. The molecule has 0 saturated heterocycles. The molecule has 332 valence electrons. The summed E-state index contributed by atoms with van der Waals surface area (Å²) in [6.45, 7) is 17.2. The summed E-state index contributed by atoms with van der Waals surface area (Å²) in [4.78, 5) is 40.0. The van der Waals surface area contributed by atoms with E-state index in [1.54, 1.807) is 0 Å². The summed E-state index contributed by atoms with van der Waals surface area (Å²) in [5, 5.41) is 0. The van der Waals surface area contributed by atoms with Gasteiger partial charge in [0.15, 0.2) is 0 Å². The van der Waals surface area contributed by atoms with Crippen molar-refractivity contribution in [3.05, 3.63) is 0 Å². The lowest BCUT2D eigenvalue weighted by Gasteiger charge is -2.24. The Hall–Kier alpha value is -1.63. The molecule has 1 atom stereocenters. The van der Waals surface area contributed by atoms with Crippen LogP contribution in [0.5, 0.6) is 0 Å². The molecule has 0 radical (unpaired) electrons. The third kappa shape index (κ3) is 39.2. The van der Waals surface area contributed by atoms with E-state index in [0.29, 0.717) is 19.3 Å². The highest BCUT2D eigenvalue weighted by atomic mass is 16.6. The van der Waals surface area contributed by atoms with Gasteiger partial charge < -0.3 is 19.1 Å². The van der Waals surface area contributed by atoms with Gasteiger partial charge in [0.1, 0.15) is 11.7 Å². The van der Waals surface area contributed by atoms with Crippen LogP contribution in [0.15, 0.2) is 0 Å². The fourth-order valence-corrected chi connectivity index (χ4v) is 7.44. The maximum Gasteiger partial charge on any atom is 0.307 e. The van der Waals surface area contributed by atoms with Crippen LogP contribution >= 0.6 is 0 Å². The Morgan fingerprint density at radius 1 is 0.429 bits per heavy atom. The first-order chi connectivity index (χ1) is 27.0. The quantitative estimate of drug-likeness (QED) is 0.0346. The molecule has 0 rings (SSSR count). The molecule has 7 heteroatoms. The predicted molar refractivity (Wildman–Crippen MR) is 237 cm³/mol. The molecule has 0 N–H and O–H groups in total. The van der Waals surface area contributed by atoms with Gasteiger partial charge in [-0.1, -0.05) is 149 Å². The molecule has 7 nitrogen and oxygen atoms in total. The minimum atomic E-state index is -0.463. The van der Waals surface area contributed by atoms with Gasteiger partial charge in [0.2, 0.25) is 0 Å². The standard InChI is InChI=1S/C49H95NO6/c1-8-11-14-17-22-29-36-45(37-30-23-18-15-12-9-2)55-47(52)39-32-25-20-27-34-42-50(43-40-48(53)56-49(5,6)7)41-33-26-19-24-31-38-46(51)54-44(4)35-28-21-16-13-10-3/h44-45H,8-43H2,1-7H3. The van der Waals surface area contributed by atoms with Gasteiger partial charge in [0.05, 0.1) is 12.5 Å². The normalized spacial score (nSPS) is 12.4. The lowest BCUT2D eigenvalue weighted by molar-refractivity contribution is -0.155. The molecule has 0 aromatic heterocycles. The average molecular weight is 794 g/mol. The zero-order valence-corrected chi connectivity index (χ0v) is 38.5. The molecule has 0 bridgehead atoms. The first-order valence-electron chi connectivity index (χ1n) is 24.3. The third-order valence-electron chi connectivity index (χ3n) is 10.9. The van der Waals surface area contributed by atoms with Crippen molar-refractivity contribution in [2.24, 2.45) is 0 Å².